The van der Waals surface area contributed by atoms with Gasteiger partial charge < -0.3 is 15.2 Å². The Bertz CT molecular complexity index is 2990. The van der Waals surface area contributed by atoms with Crippen LogP contribution in [-0.2, 0) is 19.7 Å². The third-order valence-electron chi connectivity index (χ3n) is 16.4. The van der Waals surface area contributed by atoms with E-state index in [1.807, 2.05) is 51.5 Å². The standard InChI is InChI=1S/C57H73ClIN10O5S/c1-34-50(75-33-62-34)38-12-10-37(11-13-38)45(32-65-24-26-74-27-25-65)63-52(71)48-29-41(70)30-67(48)54(73)51(56(2,3)4)68(61)31-44(60)36-14-17-40(18-15-36)59-66-22-20-35(21-23-66)39-16-19-42-47(28-39)69-46-9-7-8-43(58)49(46)53(72)64-55(69)57(42,5)6/h7-13,16,19,28,31,33,35-36,40-41,45,48,51,70H,14-15,17-18,20-27,29-30,32,60-61H2,1-6H3,(H,63,71)/q-1/p+1/b44-31-/t36?,40?,41-,45+,48+,51-/m1/s1. The summed E-state index contributed by atoms with van der Waals surface area (Å²) in [6.07, 6.45) is 7.76. The Morgan fingerprint density at radius 3 is 2.44 bits per heavy atom. The number of rotatable bonds is 13. The molecule has 3 saturated heterocycles. The molecule has 0 spiro atoms. The van der Waals surface area contributed by atoms with E-state index >= 15 is 0 Å². The number of nitrogens with two attached hydrogens (primary N) is 1. The number of morpholine rings is 1. The Kier molecular flexibility index (Phi) is 16.0. The molecule has 75 heavy (non-hydrogen) atoms. The molecule has 2 aromatic heterocycles. The van der Waals surface area contributed by atoms with Gasteiger partial charge in [-0.1, -0.05) is 24.3 Å². The molecule has 10 rings (SSSR count). The number of benzene rings is 3. The number of ether oxygens (including phenoxy) is 1. The molecule has 5 aromatic rings. The summed E-state index contributed by atoms with van der Waals surface area (Å²) in [6.45, 7) is 17.9. The third kappa shape index (κ3) is 11.2. The maximum atomic E-state index is 14.8. The van der Waals surface area contributed by atoms with Crippen LogP contribution in [0.2, 0.25) is 5.02 Å². The topological polar surface area (TPSA) is 190 Å². The quantitative estimate of drug-likeness (QED) is 0.0443. The molecule has 0 radical (unpaired) electrons. The van der Waals surface area contributed by atoms with Crippen LogP contribution in [0.4, 0.5) is 0 Å². The van der Waals surface area contributed by atoms with Crippen molar-refractivity contribution < 1.29 is 46.6 Å². The summed E-state index contributed by atoms with van der Waals surface area (Å²) in [6, 6.07) is 18.8. The van der Waals surface area contributed by atoms with Gasteiger partial charge >= 0.3 is 325 Å². The van der Waals surface area contributed by atoms with Gasteiger partial charge in [0.25, 0.3) is 0 Å². The van der Waals surface area contributed by atoms with E-state index in [1.165, 1.54) is 16.1 Å². The third-order valence-corrected chi connectivity index (χ3v) is 21.5. The molecule has 18 heteroatoms. The minimum atomic E-state index is -0.858. The van der Waals surface area contributed by atoms with Gasteiger partial charge in [-0.25, -0.2) is 4.98 Å². The van der Waals surface area contributed by atoms with Crippen LogP contribution >= 0.6 is 22.9 Å². The normalized spacial score (nSPS) is 23.5. The van der Waals surface area contributed by atoms with Crippen molar-refractivity contribution in [3.05, 3.63) is 122 Å². The van der Waals surface area contributed by atoms with Gasteiger partial charge in [0, 0.05) is 19.6 Å². The van der Waals surface area contributed by atoms with Gasteiger partial charge in [-0.2, -0.15) is 0 Å². The van der Waals surface area contributed by atoms with E-state index < -0.39 is 29.0 Å². The molecular weight excluding hydrogens is 1100 g/mol. The first-order valence-corrected chi connectivity index (χ1v) is 30.2. The largest absolute Gasteiger partial charge is 0.0563 e. The van der Waals surface area contributed by atoms with Crippen LogP contribution in [0.5, 0.6) is 0 Å². The van der Waals surface area contributed by atoms with Crippen LogP contribution < -0.4 is 43.9 Å². The van der Waals surface area contributed by atoms with E-state index in [0.29, 0.717) is 40.0 Å². The molecular formula is C57H74ClIN10O5S. The Hall–Kier alpha value is -4.31. The van der Waals surface area contributed by atoms with Crippen molar-refractivity contribution in [1.29, 1.82) is 0 Å². The Morgan fingerprint density at radius 2 is 1.76 bits per heavy atom. The average molecular weight is 1170 g/mol. The van der Waals surface area contributed by atoms with Crippen molar-refractivity contribution in [3.8, 4) is 16.1 Å². The summed E-state index contributed by atoms with van der Waals surface area (Å²) in [4.78, 5) is 56.5. The molecule has 7 N–H and O–H groups in total. The molecule has 4 aliphatic heterocycles. The summed E-state index contributed by atoms with van der Waals surface area (Å²) >= 11 is 8.02. The van der Waals surface area contributed by atoms with Gasteiger partial charge in [-0.15, -0.1) is 11.3 Å². The fraction of sp³-hybridized carbons (Fsp3) is 0.526. The summed E-state index contributed by atoms with van der Waals surface area (Å²) in [7, 11) is 0. The van der Waals surface area contributed by atoms with Crippen molar-refractivity contribution in [1.82, 2.24) is 37.8 Å². The van der Waals surface area contributed by atoms with Crippen LogP contribution in [-0.4, -0.2) is 124 Å². The minimum Gasteiger partial charge on any atom is -0.0563 e. The van der Waals surface area contributed by atoms with E-state index in [4.69, 9.17) is 22.2 Å². The molecule has 4 fully saturated rings. The average Bonchev–Trinajstić information content (AvgIpc) is 4.15. The van der Waals surface area contributed by atoms with E-state index in [0.717, 1.165) is 109 Å². The number of amides is 2. The number of nitrogens with zero attached hydrogens (tertiary/aromatic N) is 7. The maximum absolute atomic E-state index is 14.8. The van der Waals surface area contributed by atoms with E-state index in [-0.39, 0.29) is 63.8 Å². The number of aliphatic hydroxyl groups is 1. The van der Waals surface area contributed by atoms with E-state index in [2.05, 4.69) is 89.9 Å². The Morgan fingerprint density at radius 1 is 1.04 bits per heavy atom. The second-order valence-electron chi connectivity index (χ2n) is 23.0. The van der Waals surface area contributed by atoms with E-state index in [1.54, 1.807) is 22.3 Å². The number of piperidine rings is 1. The van der Waals surface area contributed by atoms with Gasteiger partial charge in [0.15, 0.2) is 0 Å². The molecule has 3 aromatic carbocycles. The number of nitrogens with one attached hydrogen (secondary N) is 1. The number of quaternary nitrogens is 1. The number of allylic oxidation sites excluding steroid dienone is 1. The van der Waals surface area contributed by atoms with Gasteiger partial charge in [0.1, 0.15) is 0 Å². The molecule has 1 aliphatic carbocycles. The van der Waals surface area contributed by atoms with Crippen molar-refractivity contribution >= 4 is 45.7 Å². The minimum absolute atomic E-state index is 0.0530. The number of fused-ring (bicyclic) bond motifs is 5. The number of aliphatic hydroxyl groups excluding tert-OH is 1. The molecule has 15 nitrogen and oxygen atoms in total. The summed E-state index contributed by atoms with van der Waals surface area (Å²) in [5, 5.41) is 16.8. The van der Waals surface area contributed by atoms with Crippen molar-refractivity contribution in [2.24, 2.45) is 17.2 Å². The molecule has 0 bridgehead atoms. The molecule has 402 valence electrons. The first-order valence-electron chi connectivity index (χ1n) is 26.8. The maximum Gasteiger partial charge on any atom is -0.0531 e. The van der Waals surface area contributed by atoms with Crippen molar-refractivity contribution in [3.63, 3.8) is 0 Å². The first-order chi connectivity index (χ1) is 35.8. The van der Waals surface area contributed by atoms with Crippen LogP contribution in [0.25, 0.3) is 27.0 Å². The fourth-order valence-corrected chi connectivity index (χ4v) is 16.9. The summed E-state index contributed by atoms with van der Waals surface area (Å²) in [5.41, 5.74) is 13.5. The van der Waals surface area contributed by atoms with Crippen LogP contribution in [0.15, 0.2) is 82.9 Å². The van der Waals surface area contributed by atoms with Crippen LogP contribution in [0.1, 0.15) is 120 Å². The number of β-amino-alcohol motifs (C(OH)–C–C–N with tert-alkyl or cyclic N) is 1. The number of carbonyl (C=O) groups is 2. The van der Waals surface area contributed by atoms with Crippen molar-refractivity contribution in [2.75, 3.05) is 52.5 Å². The van der Waals surface area contributed by atoms with E-state index in [9.17, 15) is 19.5 Å². The molecule has 5 aliphatic rings. The summed E-state index contributed by atoms with van der Waals surface area (Å²) in [5.74, 6) is 7.84. The molecule has 6 heterocycles. The van der Waals surface area contributed by atoms with Gasteiger partial charge in [0.05, 0.1) is 35.3 Å². The number of carbonyl (C=O) groups excluding carboxylic acids is 2. The number of likely N-dealkylation sites (tertiary alicyclic amines) is 1. The van der Waals surface area contributed by atoms with Crippen LogP contribution in [0, 0.1) is 18.3 Å². The summed E-state index contributed by atoms with van der Waals surface area (Å²) < 4.78 is 11.3. The molecule has 2 amide bonds. The Balaban J connectivity index is 0.750. The Labute approximate surface area is 460 Å². The monoisotopic (exact) mass is 1170 g/mol. The molecule has 4 atom stereocenters. The van der Waals surface area contributed by atoms with Gasteiger partial charge in [0.2, 0.25) is 0 Å². The smallest absolute Gasteiger partial charge is 0.0531 e. The number of hydrogen-bond donors (Lipinski definition) is 4. The second-order valence-corrected chi connectivity index (χ2v) is 28.0. The molecule has 0 unspecified atom stereocenters. The van der Waals surface area contributed by atoms with Crippen LogP contribution in [0.3, 0.4) is 0 Å². The number of alkyl halides is 1. The van der Waals surface area contributed by atoms with Gasteiger partial charge in [-0.3, -0.25) is 9.69 Å². The number of halogens is 2. The number of hydrazine groups is 1. The number of aryl methyl sites for hydroxylation is 1. The zero-order valence-electron chi connectivity index (χ0n) is 44.2. The molecule has 1 saturated carbocycles. The zero-order chi connectivity index (χ0) is 52.9. The predicted octanol–water partition coefficient (Wildman–Crippen LogP) is 3.68. The number of aromatic nitrogens is 3. The second kappa shape index (κ2) is 22.2. The number of hydrogen-bond acceptors (Lipinski definition) is 12. The van der Waals surface area contributed by atoms with Gasteiger partial charge in [-0.05, 0) is 18.1 Å². The number of thiazole rings is 1. The predicted molar refractivity (Wildman–Crippen MR) is 291 cm³/mol. The van der Waals surface area contributed by atoms with Crippen molar-refractivity contribution in [2.45, 2.75) is 126 Å². The zero-order valence-corrected chi connectivity index (χ0v) is 48.0. The first kappa shape index (κ1) is 54.1. The fourth-order valence-electron chi connectivity index (χ4n) is 12.3. The SMILES string of the molecule is Cc1ncsc1-c1ccc([C@H](CN2CCOCC2)NC(=O)[C@@H]2C[C@@H](O)CN2C(=O)[C@@H](N(N)/C=C(\[NH3+])C2CCC([I-]N3CCC(c4ccc5c(c4)-n4c(nc(=O)c6c(Cl)cccc64)C5(C)C)CC3)CC2)C(C)(C)C)cc1.